The molecular weight excluding hydrogens is 260 g/mol. The molecule has 2 rings (SSSR count). The number of hydrogen-bond donors (Lipinski definition) is 2. The van der Waals surface area contributed by atoms with Crippen molar-refractivity contribution in [2.45, 2.75) is 38.6 Å². The molecule has 0 amide bonds. The number of hydrogen-bond acceptors (Lipinski definition) is 4. The first-order chi connectivity index (χ1) is 8.77. The smallest absolute Gasteiger partial charge is 0.305 e. The summed E-state index contributed by atoms with van der Waals surface area (Å²) in [5.41, 5.74) is 7.70. The third kappa shape index (κ3) is 3.11. The fourth-order valence-electron chi connectivity index (χ4n) is 1.80. The molecule has 0 aliphatic carbocycles. The summed E-state index contributed by atoms with van der Waals surface area (Å²) in [6, 6.07) is 5.26. The molecule has 0 aliphatic rings. The lowest BCUT2D eigenvalue weighted by Gasteiger charge is -2.13. The molecule has 1 aromatic heterocycles. The Hall–Kier alpha value is -1.46. The summed E-state index contributed by atoms with van der Waals surface area (Å²) >= 11 is 1.64. The molecule has 1 atom stereocenters. The van der Waals surface area contributed by atoms with Crippen LogP contribution in [0.2, 0.25) is 0 Å². The zero-order chi connectivity index (χ0) is 14.2. The Balaban J connectivity index is 2.38. The molecule has 0 radical (unpaired) electrons. The number of aromatic nitrogens is 1. The highest BCUT2D eigenvalue weighted by molar-refractivity contribution is 7.18. The van der Waals surface area contributed by atoms with E-state index in [1.165, 1.54) is 0 Å². The number of aliphatic carboxylic acids is 1. The van der Waals surface area contributed by atoms with Crippen LogP contribution in [0.4, 0.5) is 0 Å². The van der Waals surface area contributed by atoms with E-state index in [4.69, 9.17) is 10.8 Å². The van der Waals surface area contributed by atoms with Gasteiger partial charge in [-0.1, -0.05) is 26.8 Å². The van der Waals surface area contributed by atoms with E-state index in [2.05, 4.69) is 25.8 Å². The second-order valence-corrected chi connectivity index (χ2v) is 6.73. The topological polar surface area (TPSA) is 76.2 Å². The normalized spacial score (nSPS) is 13.7. The molecule has 19 heavy (non-hydrogen) atoms. The maximum absolute atomic E-state index is 10.7. The van der Waals surface area contributed by atoms with Gasteiger partial charge in [0.1, 0.15) is 0 Å². The second kappa shape index (κ2) is 4.90. The minimum absolute atomic E-state index is 0.0209. The average Bonchev–Trinajstić information content (AvgIpc) is 2.69. The lowest BCUT2D eigenvalue weighted by Crippen LogP contribution is -2.14. The molecule has 1 heterocycles. The average molecular weight is 278 g/mol. The van der Waals surface area contributed by atoms with Crippen LogP contribution in [0.5, 0.6) is 0 Å². The van der Waals surface area contributed by atoms with Crippen LogP contribution in [0, 0.1) is 0 Å². The van der Waals surface area contributed by atoms with Gasteiger partial charge in [0.2, 0.25) is 0 Å². The Kier molecular flexibility index (Phi) is 3.60. The number of thiazole rings is 1. The van der Waals surface area contributed by atoms with E-state index in [9.17, 15) is 4.79 Å². The SMILES string of the molecule is CC(C)(C)c1nc2ccc(C(N)CC(=O)O)cc2s1. The Morgan fingerprint density at radius 1 is 1.47 bits per heavy atom. The third-order valence-electron chi connectivity index (χ3n) is 2.88. The first kappa shape index (κ1) is 14.0. The van der Waals surface area contributed by atoms with Crippen LogP contribution in [-0.2, 0) is 10.2 Å². The van der Waals surface area contributed by atoms with Gasteiger partial charge in [-0.3, -0.25) is 4.79 Å². The van der Waals surface area contributed by atoms with Crippen molar-refractivity contribution in [3.8, 4) is 0 Å². The van der Waals surface area contributed by atoms with E-state index in [0.29, 0.717) is 0 Å². The number of nitrogens with zero attached hydrogens (tertiary/aromatic N) is 1. The highest BCUT2D eigenvalue weighted by Gasteiger charge is 2.19. The van der Waals surface area contributed by atoms with Gasteiger partial charge in [0.25, 0.3) is 0 Å². The van der Waals surface area contributed by atoms with Crippen LogP contribution in [0.25, 0.3) is 10.2 Å². The lowest BCUT2D eigenvalue weighted by molar-refractivity contribution is -0.137. The monoisotopic (exact) mass is 278 g/mol. The van der Waals surface area contributed by atoms with Crippen LogP contribution >= 0.6 is 11.3 Å². The van der Waals surface area contributed by atoms with Gasteiger partial charge in [-0.25, -0.2) is 4.98 Å². The lowest BCUT2D eigenvalue weighted by atomic mass is 9.98. The minimum atomic E-state index is -0.882. The van der Waals surface area contributed by atoms with Crippen molar-refractivity contribution in [3.63, 3.8) is 0 Å². The summed E-state index contributed by atoms with van der Waals surface area (Å²) in [5.74, 6) is -0.882. The predicted molar refractivity (Wildman–Crippen MR) is 77.5 cm³/mol. The van der Waals surface area contributed by atoms with Crippen molar-refractivity contribution in [2.24, 2.45) is 5.73 Å². The zero-order valence-electron chi connectivity index (χ0n) is 11.3. The Labute approximate surface area is 116 Å². The van der Waals surface area contributed by atoms with Gasteiger partial charge >= 0.3 is 5.97 Å². The highest BCUT2D eigenvalue weighted by atomic mass is 32.1. The molecule has 4 nitrogen and oxygen atoms in total. The van der Waals surface area contributed by atoms with E-state index in [0.717, 1.165) is 20.8 Å². The van der Waals surface area contributed by atoms with Crippen LogP contribution < -0.4 is 5.73 Å². The highest BCUT2D eigenvalue weighted by Crippen LogP contribution is 2.32. The van der Waals surface area contributed by atoms with Crippen molar-refractivity contribution in [1.82, 2.24) is 4.98 Å². The van der Waals surface area contributed by atoms with E-state index in [-0.39, 0.29) is 11.8 Å². The molecule has 0 aliphatic heterocycles. The third-order valence-corrected chi connectivity index (χ3v) is 4.32. The molecule has 102 valence electrons. The molecule has 0 saturated heterocycles. The summed E-state index contributed by atoms with van der Waals surface area (Å²) in [5, 5.41) is 9.85. The van der Waals surface area contributed by atoms with Crippen LogP contribution in [0.3, 0.4) is 0 Å². The Morgan fingerprint density at radius 2 is 2.16 bits per heavy atom. The largest absolute Gasteiger partial charge is 0.481 e. The summed E-state index contributed by atoms with van der Waals surface area (Å²) < 4.78 is 1.06. The van der Waals surface area contributed by atoms with Crippen molar-refractivity contribution in [1.29, 1.82) is 0 Å². The van der Waals surface area contributed by atoms with E-state index in [1.54, 1.807) is 11.3 Å². The molecule has 2 aromatic rings. The fourth-order valence-corrected chi connectivity index (χ4v) is 2.87. The predicted octanol–water partition coefficient (Wildman–Crippen LogP) is 3.07. The number of carboxylic acids is 1. The number of carboxylic acid groups (broad SMARTS) is 1. The molecule has 0 spiro atoms. The van der Waals surface area contributed by atoms with Gasteiger partial charge in [0.15, 0.2) is 0 Å². The van der Waals surface area contributed by atoms with E-state index >= 15 is 0 Å². The molecule has 3 N–H and O–H groups in total. The van der Waals surface area contributed by atoms with Gasteiger partial charge in [-0.2, -0.15) is 0 Å². The molecule has 0 fully saturated rings. The molecule has 1 unspecified atom stereocenters. The first-order valence-electron chi connectivity index (χ1n) is 6.16. The summed E-state index contributed by atoms with van der Waals surface area (Å²) in [7, 11) is 0. The van der Waals surface area contributed by atoms with Crippen LogP contribution in [0.15, 0.2) is 18.2 Å². The van der Waals surface area contributed by atoms with Gasteiger partial charge in [-0.05, 0) is 17.7 Å². The Bertz CT molecular complexity index is 613. The number of rotatable bonds is 3. The molecule has 0 saturated carbocycles. The molecule has 1 aromatic carbocycles. The number of benzene rings is 1. The Morgan fingerprint density at radius 3 is 2.74 bits per heavy atom. The fraction of sp³-hybridized carbons (Fsp3) is 0.429. The number of carbonyl (C=O) groups is 1. The maximum atomic E-state index is 10.7. The summed E-state index contributed by atoms with van der Waals surface area (Å²) in [4.78, 5) is 15.3. The van der Waals surface area contributed by atoms with E-state index < -0.39 is 12.0 Å². The molecular formula is C14H18N2O2S. The van der Waals surface area contributed by atoms with Crippen molar-refractivity contribution in [3.05, 3.63) is 28.8 Å². The molecule has 5 heteroatoms. The second-order valence-electron chi connectivity index (χ2n) is 5.70. The van der Waals surface area contributed by atoms with Crippen molar-refractivity contribution in [2.75, 3.05) is 0 Å². The van der Waals surface area contributed by atoms with E-state index in [1.807, 2.05) is 18.2 Å². The molecule has 0 bridgehead atoms. The van der Waals surface area contributed by atoms with Gasteiger partial charge in [0, 0.05) is 11.5 Å². The number of nitrogens with two attached hydrogens (primary N) is 1. The summed E-state index contributed by atoms with van der Waals surface area (Å²) in [6.07, 6.45) is -0.0591. The standard InChI is InChI=1S/C14H18N2O2S/c1-14(2,3)13-16-10-5-4-8(6-11(10)19-13)9(15)7-12(17)18/h4-6,9H,7,15H2,1-3H3,(H,17,18). The first-order valence-corrected chi connectivity index (χ1v) is 6.97. The van der Waals surface area contributed by atoms with Crippen molar-refractivity contribution < 1.29 is 9.90 Å². The maximum Gasteiger partial charge on any atom is 0.305 e. The van der Waals surface area contributed by atoms with Gasteiger partial charge in [0.05, 0.1) is 21.6 Å². The van der Waals surface area contributed by atoms with Gasteiger partial charge < -0.3 is 10.8 Å². The summed E-state index contributed by atoms with van der Waals surface area (Å²) in [6.45, 7) is 6.38. The van der Waals surface area contributed by atoms with Crippen molar-refractivity contribution >= 4 is 27.5 Å². The zero-order valence-corrected chi connectivity index (χ0v) is 12.1. The number of fused-ring (bicyclic) bond motifs is 1. The van der Waals surface area contributed by atoms with Crippen LogP contribution in [0.1, 0.15) is 43.8 Å². The minimum Gasteiger partial charge on any atom is -0.481 e. The van der Waals surface area contributed by atoms with Crippen LogP contribution in [-0.4, -0.2) is 16.1 Å². The van der Waals surface area contributed by atoms with Gasteiger partial charge in [-0.15, -0.1) is 11.3 Å². The quantitative estimate of drug-likeness (QED) is 0.904.